The number of aryl methyl sites for hydroxylation is 2. The first kappa shape index (κ1) is 21.3. The van der Waals surface area contributed by atoms with Crippen molar-refractivity contribution in [2.45, 2.75) is 31.7 Å². The van der Waals surface area contributed by atoms with Gasteiger partial charge in [-0.15, -0.1) is 0 Å². The number of carbonyl (C=O) groups is 1. The molecule has 0 saturated carbocycles. The molecule has 1 amide bonds. The largest absolute Gasteiger partial charge is 0.339 e. The van der Waals surface area contributed by atoms with E-state index in [4.69, 9.17) is 5.26 Å². The van der Waals surface area contributed by atoms with E-state index < -0.39 is 0 Å². The van der Waals surface area contributed by atoms with Gasteiger partial charge in [0.1, 0.15) is 11.8 Å². The Kier molecular flexibility index (Phi) is 6.65. The molecule has 1 aromatic carbocycles. The lowest BCUT2D eigenvalue weighted by molar-refractivity contribution is 0.0955. The molecule has 0 aliphatic carbocycles. The fourth-order valence-corrected chi connectivity index (χ4v) is 3.75. The molecule has 1 N–H and O–H groups in total. The third-order valence-electron chi connectivity index (χ3n) is 4.60. The van der Waals surface area contributed by atoms with Gasteiger partial charge in [0.25, 0.3) is 5.91 Å². The van der Waals surface area contributed by atoms with Crippen molar-refractivity contribution in [1.82, 2.24) is 20.0 Å². The summed E-state index contributed by atoms with van der Waals surface area (Å²) < 4.78 is 1.78. The average molecular weight is 419 g/mol. The van der Waals surface area contributed by atoms with Crippen LogP contribution in [-0.4, -0.2) is 26.7 Å². The van der Waals surface area contributed by atoms with Crippen LogP contribution < -0.4 is 5.43 Å². The molecule has 7 nitrogen and oxygen atoms in total. The molecular weight excluding hydrogens is 396 g/mol. The van der Waals surface area contributed by atoms with Gasteiger partial charge >= 0.3 is 0 Å². The molecule has 152 valence electrons. The van der Waals surface area contributed by atoms with E-state index in [2.05, 4.69) is 26.6 Å². The number of hydrazone groups is 1. The molecule has 3 rings (SSSR count). The molecule has 0 spiro atoms. The maximum Gasteiger partial charge on any atom is 0.271 e. The lowest BCUT2D eigenvalue weighted by Gasteiger charge is -2.05. The molecule has 0 bridgehead atoms. The van der Waals surface area contributed by atoms with Gasteiger partial charge < -0.3 is 4.57 Å². The SMILES string of the molecule is Cc1cc(C)nc(SCc2ccc(C(=O)NN=Cc3cc(C#N)n(C)c3C)cc2)n1. The second-order valence-corrected chi connectivity index (χ2v) is 7.80. The van der Waals surface area contributed by atoms with Gasteiger partial charge in [-0.2, -0.15) is 10.4 Å². The zero-order chi connectivity index (χ0) is 21.7. The number of nitriles is 1. The monoisotopic (exact) mass is 418 g/mol. The summed E-state index contributed by atoms with van der Waals surface area (Å²) in [5.74, 6) is 0.425. The summed E-state index contributed by atoms with van der Waals surface area (Å²) in [4.78, 5) is 21.2. The molecule has 0 aliphatic rings. The number of benzene rings is 1. The normalized spacial score (nSPS) is 10.9. The quantitative estimate of drug-likeness (QED) is 0.285. The number of thioether (sulfide) groups is 1. The minimum Gasteiger partial charge on any atom is -0.339 e. The molecule has 0 fully saturated rings. The molecule has 0 saturated heterocycles. The molecule has 0 aliphatic heterocycles. The first-order valence-corrected chi connectivity index (χ1v) is 10.3. The highest BCUT2D eigenvalue weighted by atomic mass is 32.2. The van der Waals surface area contributed by atoms with Crippen LogP contribution in [-0.2, 0) is 12.8 Å². The van der Waals surface area contributed by atoms with Crippen LogP contribution in [0.5, 0.6) is 0 Å². The standard InChI is InChI=1S/C22H22N6OS/c1-14-9-15(2)26-22(25-14)30-13-17-5-7-18(8-6-17)21(29)27-24-12-19-10-20(11-23)28(4)16(19)3/h5-10,12H,13H2,1-4H3,(H,27,29). The number of nitrogens with zero attached hydrogens (tertiary/aromatic N) is 5. The molecule has 30 heavy (non-hydrogen) atoms. The summed E-state index contributed by atoms with van der Waals surface area (Å²) in [6, 6.07) is 13.2. The van der Waals surface area contributed by atoms with Crippen molar-refractivity contribution >= 4 is 23.9 Å². The van der Waals surface area contributed by atoms with E-state index in [-0.39, 0.29) is 5.91 Å². The van der Waals surface area contributed by atoms with Crippen LogP contribution in [0.2, 0.25) is 0 Å². The van der Waals surface area contributed by atoms with E-state index in [1.807, 2.05) is 46.0 Å². The highest BCUT2D eigenvalue weighted by Gasteiger charge is 2.08. The van der Waals surface area contributed by atoms with Crippen LogP contribution in [0.3, 0.4) is 0 Å². The Morgan fingerprint density at radius 1 is 1.20 bits per heavy atom. The van der Waals surface area contributed by atoms with E-state index in [0.29, 0.717) is 11.3 Å². The van der Waals surface area contributed by atoms with Gasteiger partial charge in [0.2, 0.25) is 0 Å². The Balaban J connectivity index is 1.58. The van der Waals surface area contributed by atoms with Crippen LogP contribution in [0.1, 0.15) is 44.3 Å². The highest BCUT2D eigenvalue weighted by molar-refractivity contribution is 7.98. The molecular formula is C22H22N6OS. The van der Waals surface area contributed by atoms with E-state index in [1.165, 1.54) is 0 Å². The first-order valence-electron chi connectivity index (χ1n) is 9.31. The Hall–Kier alpha value is -3.44. The van der Waals surface area contributed by atoms with Gasteiger partial charge in [-0.1, -0.05) is 23.9 Å². The number of carbonyl (C=O) groups excluding carboxylic acids is 1. The molecule has 3 aromatic rings. The molecule has 0 atom stereocenters. The van der Waals surface area contributed by atoms with Crippen LogP contribution in [0, 0.1) is 32.1 Å². The second kappa shape index (κ2) is 9.37. The van der Waals surface area contributed by atoms with Crippen LogP contribution in [0.4, 0.5) is 0 Å². The first-order chi connectivity index (χ1) is 14.4. The lowest BCUT2D eigenvalue weighted by Crippen LogP contribution is -2.17. The molecule has 0 unspecified atom stereocenters. The summed E-state index contributed by atoms with van der Waals surface area (Å²) in [7, 11) is 1.82. The van der Waals surface area contributed by atoms with Crippen molar-refractivity contribution < 1.29 is 4.79 Å². The smallest absolute Gasteiger partial charge is 0.271 e. The Labute approximate surface area is 179 Å². The maximum atomic E-state index is 12.3. The number of aromatic nitrogens is 3. The van der Waals surface area contributed by atoms with Crippen LogP contribution in [0.15, 0.2) is 46.7 Å². The Bertz CT molecular complexity index is 1120. The zero-order valence-electron chi connectivity index (χ0n) is 17.3. The van der Waals surface area contributed by atoms with E-state index in [9.17, 15) is 4.79 Å². The van der Waals surface area contributed by atoms with E-state index >= 15 is 0 Å². The fourth-order valence-electron chi connectivity index (χ4n) is 2.84. The van der Waals surface area contributed by atoms with Crippen molar-refractivity contribution in [1.29, 1.82) is 5.26 Å². The highest BCUT2D eigenvalue weighted by Crippen LogP contribution is 2.20. The molecule has 0 radical (unpaired) electrons. The third-order valence-corrected chi connectivity index (χ3v) is 5.52. The van der Waals surface area contributed by atoms with Gasteiger partial charge in [-0.25, -0.2) is 15.4 Å². The minimum absolute atomic E-state index is 0.294. The number of hydrogen-bond acceptors (Lipinski definition) is 6. The molecule has 2 aromatic heterocycles. The van der Waals surface area contributed by atoms with E-state index in [1.54, 1.807) is 40.7 Å². The van der Waals surface area contributed by atoms with Crippen molar-refractivity contribution in [3.05, 3.63) is 75.9 Å². The second-order valence-electron chi connectivity index (χ2n) is 6.86. The van der Waals surface area contributed by atoms with Gasteiger partial charge in [-0.3, -0.25) is 4.79 Å². The number of nitrogens with one attached hydrogen (secondary N) is 1. The van der Waals surface area contributed by atoms with Gasteiger partial charge in [0.05, 0.1) is 6.21 Å². The van der Waals surface area contributed by atoms with Crippen molar-refractivity contribution in [3.63, 3.8) is 0 Å². The number of amides is 1. The summed E-state index contributed by atoms with van der Waals surface area (Å²) in [5, 5.41) is 13.8. The summed E-state index contributed by atoms with van der Waals surface area (Å²) >= 11 is 1.56. The third kappa shape index (κ3) is 5.13. The van der Waals surface area contributed by atoms with Gasteiger partial charge in [0.15, 0.2) is 5.16 Å². The molecule has 2 heterocycles. The average Bonchev–Trinajstić information content (AvgIpc) is 3.00. The maximum absolute atomic E-state index is 12.3. The summed E-state index contributed by atoms with van der Waals surface area (Å²) in [6.45, 7) is 5.80. The Morgan fingerprint density at radius 3 is 2.47 bits per heavy atom. The van der Waals surface area contributed by atoms with E-state index in [0.717, 1.165) is 39.1 Å². The van der Waals surface area contributed by atoms with Gasteiger partial charge in [0, 0.05) is 41.0 Å². The molecule has 8 heteroatoms. The van der Waals surface area contributed by atoms with Crippen molar-refractivity contribution in [3.8, 4) is 6.07 Å². The van der Waals surface area contributed by atoms with Crippen molar-refractivity contribution in [2.75, 3.05) is 0 Å². The predicted octanol–water partition coefficient (Wildman–Crippen LogP) is 3.67. The van der Waals surface area contributed by atoms with Crippen LogP contribution in [0.25, 0.3) is 0 Å². The summed E-state index contributed by atoms with van der Waals surface area (Å²) in [6.07, 6.45) is 1.54. The van der Waals surface area contributed by atoms with Crippen LogP contribution >= 0.6 is 11.8 Å². The fraction of sp³-hybridized carbons (Fsp3) is 0.227. The summed E-state index contributed by atoms with van der Waals surface area (Å²) in [5.41, 5.74) is 8.25. The Morgan fingerprint density at radius 2 is 1.87 bits per heavy atom. The zero-order valence-corrected chi connectivity index (χ0v) is 18.1. The predicted molar refractivity (Wildman–Crippen MR) is 117 cm³/mol. The number of hydrogen-bond donors (Lipinski definition) is 1. The van der Waals surface area contributed by atoms with Gasteiger partial charge in [-0.05, 0) is 50.6 Å². The topological polar surface area (TPSA) is 96.0 Å². The lowest BCUT2D eigenvalue weighted by atomic mass is 10.1. The van der Waals surface area contributed by atoms with Crippen molar-refractivity contribution in [2.24, 2.45) is 12.1 Å². The number of rotatable bonds is 6. The minimum atomic E-state index is -0.294.